The first-order chi connectivity index (χ1) is 20.7. The molecule has 13 heteroatoms. The van der Waals surface area contributed by atoms with Gasteiger partial charge in [0.05, 0.1) is 22.0 Å². The van der Waals surface area contributed by atoms with Gasteiger partial charge in [0, 0.05) is 24.2 Å². The summed E-state index contributed by atoms with van der Waals surface area (Å²) in [5, 5.41) is 20.3. The Labute approximate surface area is 249 Å². The van der Waals surface area contributed by atoms with E-state index in [1.54, 1.807) is 36.1 Å². The van der Waals surface area contributed by atoms with Crippen LogP contribution in [0.1, 0.15) is 45.3 Å². The molecule has 0 radical (unpaired) electrons. The van der Waals surface area contributed by atoms with Crippen molar-refractivity contribution >= 4 is 40.8 Å². The number of oxime groups is 1. The first-order valence-corrected chi connectivity index (χ1v) is 13.7. The first-order valence-electron chi connectivity index (χ1n) is 13.3. The molecule has 43 heavy (non-hydrogen) atoms. The van der Waals surface area contributed by atoms with Crippen molar-refractivity contribution in [3.05, 3.63) is 106 Å². The van der Waals surface area contributed by atoms with Crippen molar-refractivity contribution in [1.29, 1.82) is 0 Å². The normalized spacial score (nSPS) is 17.6. The second-order valence-corrected chi connectivity index (χ2v) is 10.5. The minimum absolute atomic E-state index is 0.0112. The van der Waals surface area contributed by atoms with Gasteiger partial charge in [-0.05, 0) is 66.9 Å². The number of carbonyl (C=O) groups is 3. The molecule has 0 unspecified atom stereocenters. The Hall–Kier alpha value is -5.10. The standard InChI is InChI=1S/C30H24ClFN6O5/c1-16-33-15-38(35-16)24-7-3-4-20-19(24)12-13-37(27(20)28(39)34-18-10-8-17(9-11-18)30(41)42)29(40)25-14-23(36-43-25)21-5-2-6-22(31)26(21)32/h2-11,15,25,27H,12-14H2,1H3,(H,34,39)(H,41,42)/t25-,27+/m1/s1. The van der Waals surface area contributed by atoms with E-state index in [0.717, 1.165) is 11.3 Å². The number of amides is 2. The number of aromatic carboxylic acids is 1. The number of rotatable bonds is 6. The summed E-state index contributed by atoms with van der Waals surface area (Å²) in [6.45, 7) is 1.94. The van der Waals surface area contributed by atoms with Crippen molar-refractivity contribution < 1.29 is 28.7 Å². The molecule has 0 fully saturated rings. The fraction of sp³-hybridized carbons (Fsp3) is 0.200. The Kier molecular flexibility index (Phi) is 7.36. The SMILES string of the molecule is Cc1ncn(-c2cccc3c2CCN(C(=O)[C@H]2CC(c4cccc(Cl)c4F)=NO2)[C@@H]3C(=O)Nc2ccc(C(=O)O)cc2)n1. The molecule has 0 saturated heterocycles. The number of hydrogen-bond acceptors (Lipinski definition) is 7. The topological polar surface area (TPSA) is 139 Å². The van der Waals surface area contributed by atoms with Crippen LogP contribution in [0.15, 0.2) is 72.1 Å². The van der Waals surface area contributed by atoms with Gasteiger partial charge < -0.3 is 20.2 Å². The lowest BCUT2D eigenvalue weighted by atomic mass is 9.89. The lowest BCUT2D eigenvalue weighted by molar-refractivity contribution is -0.148. The van der Waals surface area contributed by atoms with Crippen LogP contribution in [-0.4, -0.2) is 60.9 Å². The number of halogens is 2. The highest BCUT2D eigenvalue weighted by molar-refractivity contribution is 6.31. The van der Waals surface area contributed by atoms with Gasteiger partial charge in [-0.15, -0.1) is 0 Å². The van der Waals surface area contributed by atoms with Crippen molar-refractivity contribution in [2.75, 3.05) is 11.9 Å². The lowest BCUT2D eigenvalue weighted by Gasteiger charge is -2.37. The van der Waals surface area contributed by atoms with Crippen LogP contribution < -0.4 is 5.32 Å². The minimum Gasteiger partial charge on any atom is -0.478 e. The van der Waals surface area contributed by atoms with Crippen LogP contribution >= 0.6 is 11.6 Å². The summed E-state index contributed by atoms with van der Waals surface area (Å²) in [6, 6.07) is 14.6. The summed E-state index contributed by atoms with van der Waals surface area (Å²) < 4.78 is 16.3. The molecule has 2 N–H and O–H groups in total. The number of anilines is 1. The number of benzene rings is 3. The van der Waals surface area contributed by atoms with Gasteiger partial charge in [0.25, 0.3) is 11.8 Å². The van der Waals surface area contributed by atoms with Gasteiger partial charge in [0.15, 0.2) is 5.82 Å². The highest BCUT2D eigenvalue weighted by Crippen LogP contribution is 2.36. The van der Waals surface area contributed by atoms with E-state index in [2.05, 4.69) is 20.6 Å². The number of carboxylic acid groups (broad SMARTS) is 1. The van der Waals surface area contributed by atoms with Gasteiger partial charge >= 0.3 is 5.97 Å². The average molecular weight is 603 g/mol. The molecule has 0 spiro atoms. The first kappa shape index (κ1) is 28.0. The molecule has 2 amide bonds. The molecule has 3 heterocycles. The third-order valence-electron chi connectivity index (χ3n) is 7.39. The molecule has 4 aromatic rings. The van der Waals surface area contributed by atoms with Gasteiger partial charge in [-0.2, -0.15) is 5.10 Å². The second-order valence-electron chi connectivity index (χ2n) is 10.1. The molecule has 1 aromatic heterocycles. The van der Waals surface area contributed by atoms with E-state index in [4.69, 9.17) is 16.4 Å². The summed E-state index contributed by atoms with van der Waals surface area (Å²) in [7, 11) is 0. The van der Waals surface area contributed by atoms with E-state index >= 15 is 0 Å². The summed E-state index contributed by atoms with van der Waals surface area (Å²) in [5.74, 6) is -2.18. The van der Waals surface area contributed by atoms with E-state index in [1.807, 2.05) is 6.07 Å². The zero-order chi connectivity index (χ0) is 30.2. The quantitative estimate of drug-likeness (QED) is 0.335. The fourth-order valence-electron chi connectivity index (χ4n) is 5.33. The third kappa shape index (κ3) is 5.32. The molecule has 2 aliphatic heterocycles. The van der Waals surface area contributed by atoms with Crippen LogP contribution in [0.3, 0.4) is 0 Å². The Morgan fingerprint density at radius 1 is 1.09 bits per heavy atom. The Balaban J connectivity index is 1.32. The van der Waals surface area contributed by atoms with Crippen molar-refractivity contribution in [3.63, 3.8) is 0 Å². The zero-order valence-electron chi connectivity index (χ0n) is 22.7. The van der Waals surface area contributed by atoms with Crippen molar-refractivity contribution in [3.8, 4) is 5.69 Å². The summed E-state index contributed by atoms with van der Waals surface area (Å²) in [6.07, 6.45) is 0.905. The van der Waals surface area contributed by atoms with Crippen LogP contribution in [-0.2, 0) is 20.8 Å². The number of nitrogens with zero attached hydrogens (tertiary/aromatic N) is 5. The van der Waals surface area contributed by atoms with Crippen LogP contribution in [0.25, 0.3) is 5.69 Å². The summed E-state index contributed by atoms with van der Waals surface area (Å²) in [4.78, 5) is 50.2. The molecular formula is C30H24ClFN6O5. The number of nitrogens with one attached hydrogen (secondary N) is 1. The van der Waals surface area contributed by atoms with Crippen molar-refractivity contribution in [2.45, 2.75) is 31.9 Å². The molecule has 11 nitrogen and oxygen atoms in total. The van der Waals surface area contributed by atoms with Gasteiger partial charge in [-0.1, -0.05) is 35.0 Å². The molecule has 6 rings (SSSR count). The zero-order valence-corrected chi connectivity index (χ0v) is 23.5. The smallest absolute Gasteiger partial charge is 0.335 e. The van der Waals surface area contributed by atoms with E-state index in [9.17, 15) is 23.9 Å². The number of carboxylic acids is 1. The molecule has 218 valence electrons. The van der Waals surface area contributed by atoms with Crippen LogP contribution in [0, 0.1) is 12.7 Å². The molecule has 2 atom stereocenters. The highest BCUT2D eigenvalue weighted by Gasteiger charge is 2.42. The largest absolute Gasteiger partial charge is 0.478 e. The van der Waals surface area contributed by atoms with E-state index < -0.39 is 35.7 Å². The number of carbonyl (C=O) groups excluding carboxylic acids is 2. The van der Waals surface area contributed by atoms with Gasteiger partial charge in [-0.3, -0.25) is 9.59 Å². The number of aryl methyl sites for hydroxylation is 1. The predicted octanol–water partition coefficient (Wildman–Crippen LogP) is 4.32. The van der Waals surface area contributed by atoms with Crippen LogP contribution in [0.2, 0.25) is 5.02 Å². The average Bonchev–Trinajstić information content (AvgIpc) is 3.67. The minimum atomic E-state index is -1.09. The molecule has 0 saturated carbocycles. The van der Waals surface area contributed by atoms with E-state index in [0.29, 0.717) is 23.5 Å². The van der Waals surface area contributed by atoms with Crippen molar-refractivity contribution in [2.24, 2.45) is 5.16 Å². The summed E-state index contributed by atoms with van der Waals surface area (Å²) >= 11 is 5.93. The van der Waals surface area contributed by atoms with Gasteiger partial charge in [0.2, 0.25) is 6.10 Å². The maximum absolute atomic E-state index is 14.7. The van der Waals surface area contributed by atoms with Gasteiger partial charge in [-0.25, -0.2) is 18.9 Å². The Bertz CT molecular complexity index is 1790. The Morgan fingerprint density at radius 3 is 2.58 bits per heavy atom. The number of fused-ring (bicyclic) bond motifs is 1. The Morgan fingerprint density at radius 2 is 1.86 bits per heavy atom. The molecule has 2 aliphatic rings. The highest BCUT2D eigenvalue weighted by atomic mass is 35.5. The molecule has 0 bridgehead atoms. The van der Waals surface area contributed by atoms with Gasteiger partial charge in [0.1, 0.15) is 18.2 Å². The third-order valence-corrected chi connectivity index (χ3v) is 7.68. The van der Waals surface area contributed by atoms with Crippen molar-refractivity contribution in [1.82, 2.24) is 19.7 Å². The summed E-state index contributed by atoms with van der Waals surface area (Å²) in [5.41, 5.74) is 2.94. The molecule has 0 aliphatic carbocycles. The maximum atomic E-state index is 14.7. The van der Waals surface area contributed by atoms with E-state index in [1.165, 1.54) is 41.3 Å². The second kappa shape index (κ2) is 11.3. The van der Waals surface area contributed by atoms with E-state index in [-0.39, 0.29) is 34.8 Å². The number of hydrogen-bond donors (Lipinski definition) is 2. The van der Waals surface area contributed by atoms with Crippen LogP contribution in [0.5, 0.6) is 0 Å². The molecule has 3 aromatic carbocycles. The predicted molar refractivity (Wildman–Crippen MR) is 154 cm³/mol. The van der Waals surface area contributed by atoms with Crippen LogP contribution in [0.4, 0.5) is 10.1 Å². The maximum Gasteiger partial charge on any atom is 0.335 e. The fourth-order valence-corrected chi connectivity index (χ4v) is 5.51. The lowest BCUT2D eigenvalue weighted by Crippen LogP contribution is -2.49. The molecular weight excluding hydrogens is 579 g/mol. The monoisotopic (exact) mass is 602 g/mol. The number of aromatic nitrogens is 3.